The maximum atomic E-state index is 12.7. The van der Waals surface area contributed by atoms with Gasteiger partial charge in [0.1, 0.15) is 11.1 Å². The van der Waals surface area contributed by atoms with Crippen molar-refractivity contribution >= 4 is 34.1 Å². The van der Waals surface area contributed by atoms with E-state index < -0.39 is 0 Å². The summed E-state index contributed by atoms with van der Waals surface area (Å²) < 4.78 is 5.26. The van der Waals surface area contributed by atoms with Crippen molar-refractivity contribution in [2.75, 3.05) is 17.8 Å². The predicted molar refractivity (Wildman–Crippen MR) is 120 cm³/mol. The van der Waals surface area contributed by atoms with E-state index in [0.717, 1.165) is 34.1 Å². The molecule has 1 aliphatic heterocycles. The number of amides is 1. The van der Waals surface area contributed by atoms with Gasteiger partial charge in [0.05, 0.1) is 18.6 Å². The summed E-state index contributed by atoms with van der Waals surface area (Å²) in [5, 5.41) is 2.80. The van der Waals surface area contributed by atoms with Gasteiger partial charge in [-0.15, -0.1) is 23.1 Å². The monoisotopic (exact) mass is 422 g/mol. The maximum absolute atomic E-state index is 12.7. The first-order chi connectivity index (χ1) is 14.2. The first-order valence-corrected chi connectivity index (χ1v) is 11.8. The molecule has 6 heteroatoms. The molecule has 0 bridgehead atoms. The Balaban J connectivity index is 1.44. The summed E-state index contributed by atoms with van der Waals surface area (Å²) in [5.41, 5.74) is 6.12. The summed E-state index contributed by atoms with van der Waals surface area (Å²) in [4.78, 5) is 19.4. The summed E-state index contributed by atoms with van der Waals surface area (Å²) in [7, 11) is 1.66. The van der Waals surface area contributed by atoms with Gasteiger partial charge >= 0.3 is 0 Å². The van der Waals surface area contributed by atoms with Gasteiger partial charge in [0.25, 0.3) is 0 Å². The molecule has 4 nitrogen and oxygen atoms in total. The molecule has 2 aliphatic rings. The van der Waals surface area contributed by atoms with E-state index in [1.807, 2.05) is 29.2 Å². The van der Waals surface area contributed by atoms with Crippen molar-refractivity contribution in [1.29, 1.82) is 0 Å². The Labute approximate surface area is 178 Å². The third kappa shape index (κ3) is 3.55. The molecule has 0 radical (unpaired) electrons. The van der Waals surface area contributed by atoms with Gasteiger partial charge in [-0.1, -0.05) is 24.3 Å². The minimum atomic E-state index is -0.0454. The largest absolute Gasteiger partial charge is 0.497 e. The molecule has 0 spiro atoms. The minimum absolute atomic E-state index is 0.0454. The Bertz CT molecular complexity index is 1050. The molecule has 1 fully saturated rings. The molecule has 3 aromatic rings. The standard InChI is InChI=1S/C23H22N2O2S2/c1-27-19-10-8-16(9-11-19)22-25(21(26)14-28-22)23-24-20(13-29-23)18-7-6-15-4-2-3-5-17(15)12-18/h6-13,22H,2-5,14H2,1H3. The van der Waals surface area contributed by atoms with Crippen molar-refractivity contribution in [3.8, 4) is 17.0 Å². The average molecular weight is 423 g/mol. The van der Waals surface area contributed by atoms with Crippen LogP contribution in [0.15, 0.2) is 47.8 Å². The van der Waals surface area contributed by atoms with E-state index in [4.69, 9.17) is 9.72 Å². The normalized spacial score (nSPS) is 18.7. The number of methoxy groups -OCH3 is 1. The fourth-order valence-electron chi connectivity index (χ4n) is 4.05. The number of fused-ring (bicyclic) bond motifs is 1. The molecule has 148 valence electrons. The van der Waals surface area contributed by atoms with Gasteiger partial charge in [-0.3, -0.25) is 9.69 Å². The summed E-state index contributed by atoms with van der Waals surface area (Å²) in [6.45, 7) is 0. The van der Waals surface area contributed by atoms with Crippen LogP contribution in [0.1, 0.15) is 34.9 Å². The van der Waals surface area contributed by atoms with Crippen LogP contribution >= 0.6 is 23.1 Å². The van der Waals surface area contributed by atoms with Gasteiger partial charge in [-0.25, -0.2) is 4.98 Å². The third-order valence-corrected chi connectivity index (χ3v) is 7.66. The first-order valence-electron chi connectivity index (χ1n) is 9.88. The number of aryl methyl sites for hydroxylation is 2. The van der Waals surface area contributed by atoms with Crippen LogP contribution in [0.2, 0.25) is 0 Å². The summed E-state index contributed by atoms with van der Waals surface area (Å²) in [5.74, 6) is 1.41. The van der Waals surface area contributed by atoms with Crippen molar-refractivity contribution < 1.29 is 9.53 Å². The second-order valence-electron chi connectivity index (χ2n) is 7.41. The highest BCUT2D eigenvalue weighted by Gasteiger charge is 2.36. The van der Waals surface area contributed by atoms with Gasteiger partial charge in [-0.2, -0.15) is 0 Å². The lowest BCUT2D eigenvalue weighted by Gasteiger charge is -2.21. The average Bonchev–Trinajstić information content (AvgIpc) is 3.40. The lowest BCUT2D eigenvalue weighted by Crippen LogP contribution is -2.27. The first kappa shape index (κ1) is 18.7. The van der Waals surface area contributed by atoms with Crippen LogP contribution in [0.5, 0.6) is 5.75 Å². The van der Waals surface area contributed by atoms with E-state index >= 15 is 0 Å². The molecule has 2 aromatic carbocycles. The van der Waals surface area contributed by atoms with Crippen molar-refractivity contribution in [3.05, 3.63) is 64.5 Å². The lowest BCUT2D eigenvalue weighted by molar-refractivity contribution is -0.115. The topological polar surface area (TPSA) is 42.4 Å². The number of thiazole rings is 1. The number of hydrogen-bond donors (Lipinski definition) is 0. The molecule has 1 unspecified atom stereocenters. The Morgan fingerprint density at radius 3 is 2.66 bits per heavy atom. The second-order valence-corrected chi connectivity index (χ2v) is 9.31. The summed E-state index contributed by atoms with van der Waals surface area (Å²) in [6.07, 6.45) is 4.89. The quantitative estimate of drug-likeness (QED) is 0.559. The van der Waals surface area contributed by atoms with Gasteiger partial charge in [0.2, 0.25) is 5.91 Å². The summed E-state index contributed by atoms with van der Waals surface area (Å²) in [6, 6.07) is 14.6. The third-order valence-electron chi connectivity index (χ3n) is 5.61. The fourth-order valence-corrected chi connectivity index (χ4v) is 6.15. The van der Waals surface area contributed by atoms with Gasteiger partial charge in [0.15, 0.2) is 5.13 Å². The van der Waals surface area contributed by atoms with Crippen molar-refractivity contribution in [3.63, 3.8) is 0 Å². The molecular weight excluding hydrogens is 400 g/mol. The Morgan fingerprint density at radius 1 is 1.07 bits per heavy atom. The molecule has 1 atom stereocenters. The zero-order valence-electron chi connectivity index (χ0n) is 16.3. The predicted octanol–water partition coefficient (Wildman–Crippen LogP) is 5.48. The number of ether oxygens (including phenoxy) is 1. The highest BCUT2D eigenvalue weighted by Crippen LogP contribution is 2.44. The fraction of sp³-hybridized carbons (Fsp3) is 0.304. The molecule has 1 aliphatic carbocycles. The van der Waals surface area contributed by atoms with Crippen molar-refractivity contribution in [1.82, 2.24) is 4.98 Å². The van der Waals surface area contributed by atoms with E-state index in [-0.39, 0.29) is 11.3 Å². The van der Waals surface area contributed by atoms with Gasteiger partial charge < -0.3 is 4.74 Å². The highest BCUT2D eigenvalue weighted by molar-refractivity contribution is 8.00. The number of hydrogen-bond acceptors (Lipinski definition) is 5. The lowest BCUT2D eigenvalue weighted by atomic mass is 9.90. The minimum Gasteiger partial charge on any atom is -0.497 e. The zero-order valence-corrected chi connectivity index (χ0v) is 17.9. The van der Waals surface area contributed by atoms with Crippen LogP contribution in [0.25, 0.3) is 11.3 Å². The number of carbonyl (C=O) groups excluding carboxylic acids is 1. The Morgan fingerprint density at radius 2 is 1.86 bits per heavy atom. The van der Waals surface area contributed by atoms with Crippen LogP contribution in [-0.4, -0.2) is 23.8 Å². The number of benzene rings is 2. The van der Waals surface area contributed by atoms with Crippen LogP contribution < -0.4 is 9.64 Å². The van der Waals surface area contributed by atoms with Gasteiger partial charge in [-0.05, 0) is 60.6 Å². The van der Waals surface area contributed by atoms with Crippen molar-refractivity contribution in [2.45, 2.75) is 31.1 Å². The molecule has 0 N–H and O–H groups in total. The molecule has 2 heterocycles. The molecule has 5 rings (SSSR count). The Kier molecular flexibility index (Phi) is 5.06. The Hall–Kier alpha value is -2.31. The second kappa shape index (κ2) is 7.84. The van der Waals surface area contributed by atoms with E-state index in [2.05, 4.69) is 23.6 Å². The zero-order chi connectivity index (χ0) is 19.8. The number of carbonyl (C=O) groups is 1. The van der Waals surface area contributed by atoms with Crippen LogP contribution in [-0.2, 0) is 17.6 Å². The molecular formula is C23H22N2O2S2. The number of thioether (sulfide) groups is 1. The number of aromatic nitrogens is 1. The van der Waals surface area contributed by atoms with Crippen LogP contribution in [0, 0.1) is 0 Å². The maximum Gasteiger partial charge on any atom is 0.240 e. The molecule has 1 aromatic heterocycles. The molecule has 1 amide bonds. The van der Waals surface area contributed by atoms with E-state index in [0.29, 0.717) is 5.75 Å². The van der Waals surface area contributed by atoms with E-state index in [9.17, 15) is 4.79 Å². The van der Waals surface area contributed by atoms with Gasteiger partial charge in [0, 0.05) is 10.9 Å². The van der Waals surface area contributed by atoms with Crippen LogP contribution in [0.3, 0.4) is 0 Å². The van der Waals surface area contributed by atoms with Crippen molar-refractivity contribution in [2.24, 2.45) is 0 Å². The number of rotatable bonds is 4. The summed E-state index contributed by atoms with van der Waals surface area (Å²) >= 11 is 3.19. The molecule has 29 heavy (non-hydrogen) atoms. The molecule has 1 saturated heterocycles. The number of anilines is 1. The number of nitrogens with zero attached hydrogens (tertiary/aromatic N) is 2. The highest BCUT2D eigenvalue weighted by atomic mass is 32.2. The SMILES string of the molecule is COc1ccc(C2SCC(=O)N2c2nc(-c3ccc4c(c3)CCCC4)cs2)cc1. The smallest absolute Gasteiger partial charge is 0.240 e. The van der Waals surface area contributed by atoms with E-state index in [1.165, 1.54) is 30.4 Å². The molecule has 0 saturated carbocycles. The van der Waals surface area contributed by atoms with E-state index in [1.54, 1.807) is 30.2 Å². The van der Waals surface area contributed by atoms with Crippen LogP contribution in [0.4, 0.5) is 5.13 Å².